The molecule has 0 unspecified atom stereocenters. The van der Waals surface area contributed by atoms with Crippen molar-refractivity contribution in [3.63, 3.8) is 0 Å². The molecule has 1 aliphatic heterocycles. The molecule has 2 heterocycles. The summed E-state index contributed by atoms with van der Waals surface area (Å²) in [5.74, 6) is 0.696. The predicted molar refractivity (Wildman–Crippen MR) is 105 cm³/mol. The van der Waals surface area contributed by atoms with Crippen LogP contribution in [0, 0.1) is 0 Å². The number of nitrogens with one attached hydrogen (secondary N) is 1. The second-order valence-corrected chi connectivity index (χ2v) is 7.93. The summed E-state index contributed by atoms with van der Waals surface area (Å²) < 4.78 is 5.24. The van der Waals surface area contributed by atoms with Crippen LogP contribution in [0.5, 0.6) is 0 Å². The van der Waals surface area contributed by atoms with E-state index >= 15 is 0 Å². The molecular weight excluding hydrogens is 346 g/mol. The zero-order chi connectivity index (χ0) is 20.0. The fourth-order valence-corrected chi connectivity index (χ4v) is 2.66. The van der Waals surface area contributed by atoms with Crippen LogP contribution in [0.2, 0.25) is 0 Å². The number of hydrogen-bond acceptors (Lipinski definition) is 6. The summed E-state index contributed by atoms with van der Waals surface area (Å²) >= 11 is 0. The van der Waals surface area contributed by atoms with Gasteiger partial charge in [0.1, 0.15) is 18.0 Å². The third-order valence-electron chi connectivity index (χ3n) is 4.21. The third-order valence-corrected chi connectivity index (χ3v) is 4.21. The van der Waals surface area contributed by atoms with Crippen LogP contribution in [-0.2, 0) is 16.1 Å². The maximum absolute atomic E-state index is 12.1. The standard InChI is InChI=1S/C19H31N5O3/c1-19(2,3)27-18(26)23(5)14-17(25)21-13-15-6-7-20-16(12-15)24-10-8-22(4)9-11-24/h6-7,12H,8-11,13-14H2,1-5H3,(H,21,25). The molecule has 0 atom stereocenters. The lowest BCUT2D eigenvalue weighted by Gasteiger charge is -2.33. The molecule has 0 bridgehead atoms. The SMILES string of the molecule is CN1CCN(c2cc(CNC(=O)CN(C)C(=O)OC(C)(C)C)ccn2)CC1. The maximum Gasteiger partial charge on any atom is 0.410 e. The molecule has 1 aromatic heterocycles. The number of amides is 2. The van der Waals surface area contributed by atoms with Crippen molar-refractivity contribution < 1.29 is 14.3 Å². The average molecular weight is 377 g/mol. The Morgan fingerprint density at radius 3 is 2.56 bits per heavy atom. The van der Waals surface area contributed by atoms with E-state index in [2.05, 4.69) is 27.1 Å². The number of ether oxygens (including phenoxy) is 1. The monoisotopic (exact) mass is 377 g/mol. The van der Waals surface area contributed by atoms with Crippen LogP contribution in [-0.4, -0.2) is 79.2 Å². The second-order valence-electron chi connectivity index (χ2n) is 7.93. The van der Waals surface area contributed by atoms with Crippen LogP contribution in [0.25, 0.3) is 0 Å². The molecule has 8 heteroatoms. The summed E-state index contributed by atoms with van der Waals surface area (Å²) in [6.07, 6.45) is 1.25. The lowest BCUT2D eigenvalue weighted by molar-refractivity contribution is -0.122. The van der Waals surface area contributed by atoms with Crippen molar-refractivity contribution in [3.05, 3.63) is 23.9 Å². The number of hydrogen-bond donors (Lipinski definition) is 1. The first-order chi connectivity index (χ1) is 12.6. The quantitative estimate of drug-likeness (QED) is 0.834. The summed E-state index contributed by atoms with van der Waals surface area (Å²) in [5, 5.41) is 2.84. The Hall–Kier alpha value is -2.35. The van der Waals surface area contributed by atoms with Gasteiger partial charge in [-0.1, -0.05) is 0 Å². The van der Waals surface area contributed by atoms with E-state index in [1.54, 1.807) is 34.0 Å². The highest BCUT2D eigenvalue weighted by molar-refractivity contribution is 5.82. The number of likely N-dealkylation sites (N-methyl/N-ethyl adjacent to an activating group) is 2. The van der Waals surface area contributed by atoms with Crippen molar-refractivity contribution >= 4 is 17.8 Å². The molecule has 1 N–H and O–H groups in total. The van der Waals surface area contributed by atoms with Gasteiger partial charge in [0.05, 0.1) is 0 Å². The number of rotatable bonds is 5. The van der Waals surface area contributed by atoms with Crippen LogP contribution >= 0.6 is 0 Å². The Kier molecular flexibility index (Phi) is 7.01. The van der Waals surface area contributed by atoms with E-state index in [4.69, 9.17) is 4.74 Å². The summed E-state index contributed by atoms with van der Waals surface area (Å²) in [6.45, 7) is 9.63. The van der Waals surface area contributed by atoms with Crippen molar-refractivity contribution in [1.29, 1.82) is 0 Å². The average Bonchev–Trinajstić information content (AvgIpc) is 2.59. The van der Waals surface area contributed by atoms with Crippen LogP contribution < -0.4 is 10.2 Å². The Labute approximate surface area is 161 Å². The molecule has 2 rings (SSSR count). The van der Waals surface area contributed by atoms with Gasteiger partial charge in [-0.3, -0.25) is 4.79 Å². The van der Waals surface area contributed by atoms with Crippen LogP contribution in [0.4, 0.5) is 10.6 Å². The van der Waals surface area contributed by atoms with E-state index < -0.39 is 11.7 Å². The highest BCUT2D eigenvalue weighted by Gasteiger charge is 2.21. The Morgan fingerprint density at radius 1 is 1.26 bits per heavy atom. The Bertz CT molecular complexity index is 651. The lowest BCUT2D eigenvalue weighted by Crippen LogP contribution is -2.44. The van der Waals surface area contributed by atoms with Gasteiger partial charge >= 0.3 is 6.09 Å². The molecule has 1 saturated heterocycles. The van der Waals surface area contributed by atoms with Gasteiger partial charge in [-0.2, -0.15) is 0 Å². The molecule has 1 aliphatic rings. The number of piperazine rings is 1. The van der Waals surface area contributed by atoms with Crippen LogP contribution in [0.15, 0.2) is 18.3 Å². The molecular formula is C19H31N5O3. The normalized spacial score (nSPS) is 15.4. The minimum Gasteiger partial charge on any atom is -0.444 e. The van der Waals surface area contributed by atoms with E-state index in [-0.39, 0.29) is 12.5 Å². The molecule has 0 saturated carbocycles. The van der Waals surface area contributed by atoms with Gasteiger partial charge in [-0.05, 0) is 45.5 Å². The Balaban J connectivity index is 1.83. The smallest absolute Gasteiger partial charge is 0.410 e. The first-order valence-corrected chi connectivity index (χ1v) is 9.23. The lowest BCUT2D eigenvalue weighted by atomic mass is 10.2. The zero-order valence-corrected chi connectivity index (χ0v) is 17.0. The fourth-order valence-electron chi connectivity index (χ4n) is 2.66. The van der Waals surface area contributed by atoms with Gasteiger partial charge in [0, 0.05) is 46.0 Å². The molecule has 0 spiro atoms. The van der Waals surface area contributed by atoms with E-state index in [1.807, 2.05) is 12.1 Å². The van der Waals surface area contributed by atoms with Crippen molar-refractivity contribution in [2.24, 2.45) is 0 Å². The zero-order valence-electron chi connectivity index (χ0n) is 17.0. The Morgan fingerprint density at radius 2 is 1.93 bits per heavy atom. The van der Waals surface area contributed by atoms with Gasteiger partial charge in [0.25, 0.3) is 0 Å². The summed E-state index contributed by atoms with van der Waals surface area (Å²) in [4.78, 5) is 34.3. The van der Waals surface area contributed by atoms with Crippen molar-refractivity contribution in [3.8, 4) is 0 Å². The minimum absolute atomic E-state index is 0.0503. The number of aromatic nitrogens is 1. The molecule has 8 nitrogen and oxygen atoms in total. The van der Waals surface area contributed by atoms with E-state index in [9.17, 15) is 9.59 Å². The first kappa shape index (κ1) is 21.0. The molecule has 0 aromatic carbocycles. The van der Waals surface area contributed by atoms with E-state index in [1.165, 1.54) is 4.90 Å². The van der Waals surface area contributed by atoms with Gasteiger partial charge in [0.15, 0.2) is 0 Å². The highest BCUT2D eigenvalue weighted by Crippen LogP contribution is 2.14. The van der Waals surface area contributed by atoms with Crippen LogP contribution in [0.3, 0.4) is 0 Å². The van der Waals surface area contributed by atoms with Crippen molar-refractivity contribution in [2.75, 3.05) is 51.7 Å². The minimum atomic E-state index is -0.585. The maximum atomic E-state index is 12.1. The number of pyridine rings is 1. The third kappa shape index (κ3) is 7.05. The highest BCUT2D eigenvalue weighted by atomic mass is 16.6. The molecule has 2 amide bonds. The summed E-state index contributed by atoms with van der Waals surface area (Å²) in [5.41, 5.74) is 0.394. The van der Waals surface area contributed by atoms with Gasteiger partial charge < -0.3 is 24.8 Å². The summed E-state index contributed by atoms with van der Waals surface area (Å²) in [6, 6.07) is 3.89. The number of nitrogens with zero attached hydrogens (tertiary/aromatic N) is 4. The van der Waals surface area contributed by atoms with E-state index in [0.717, 1.165) is 37.6 Å². The molecule has 150 valence electrons. The molecule has 27 heavy (non-hydrogen) atoms. The fraction of sp³-hybridized carbons (Fsp3) is 0.632. The largest absolute Gasteiger partial charge is 0.444 e. The molecule has 1 fully saturated rings. The van der Waals surface area contributed by atoms with Crippen LogP contribution in [0.1, 0.15) is 26.3 Å². The summed E-state index contributed by atoms with van der Waals surface area (Å²) in [7, 11) is 3.66. The van der Waals surface area contributed by atoms with E-state index in [0.29, 0.717) is 6.54 Å². The topological polar surface area (TPSA) is 78.0 Å². The first-order valence-electron chi connectivity index (χ1n) is 9.23. The molecule has 1 aromatic rings. The van der Waals surface area contributed by atoms with Gasteiger partial charge in [-0.15, -0.1) is 0 Å². The van der Waals surface area contributed by atoms with Gasteiger partial charge in [0.2, 0.25) is 5.91 Å². The molecule has 0 radical (unpaired) electrons. The predicted octanol–water partition coefficient (Wildman–Crippen LogP) is 1.32. The van der Waals surface area contributed by atoms with Crippen molar-refractivity contribution in [2.45, 2.75) is 32.9 Å². The number of carbonyl (C=O) groups excluding carboxylic acids is 2. The number of anilines is 1. The second kappa shape index (κ2) is 9.03. The number of carbonyl (C=O) groups is 2. The van der Waals surface area contributed by atoms with Gasteiger partial charge in [-0.25, -0.2) is 9.78 Å². The molecule has 0 aliphatic carbocycles. The van der Waals surface area contributed by atoms with Crippen molar-refractivity contribution in [1.82, 2.24) is 20.1 Å².